The van der Waals surface area contributed by atoms with Crippen molar-refractivity contribution in [3.05, 3.63) is 4.91 Å². The molecule has 0 amide bonds. The molecule has 0 saturated heterocycles. The zero-order valence-electron chi connectivity index (χ0n) is 5.40. The Bertz CT molecular complexity index is 131. The van der Waals surface area contributed by atoms with Gasteiger partial charge in [-0.05, 0) is 13.8 Å². The minimum absolute atomic E-state index is 0.717. The molecule has 0 bridgehead atoms. The van der Waals surface area contributed by atoms with E-state index < -0.39 is 11.8 Å². The highest BCUT2D eigenvalue weighted by Crippen LogP contribution is 2.32. The van der Waals surface area contributed by atoms with Gasteiger partial charge in [-0.2, -0.15) is 13.2 Å². The van der Waals surface area contributed by atoms with Gasteiger partial charge < -0.3 is 4.84 Å². The van der Waals surface area contributed by atoms with Crippen molar-refractivity contribution >= 4 is 0 Å². The Labute approximate surface area is 55.1 Å². The van der Waals surface area contributed by atoms with Crippen LogP contribution in [0.15, 0.2) is 5.34 Å². The highest BCUT2D eigenvalue weighted by molar-refractivity contribution is 4.76. The SMILES string of the molecule is CC(C)(ON=O)C(F)(F)F. The number of hydrogen-bond acceptors (Lipinski definition) is 3. The molecule has 0 heterocycles. The second-order valence-corrected chi connectivity index (χ2v) is 2.17. The van der Waals surface area contributed by atoms with Gasteiger partial charge in [-0.25, -0.2) is 0 Å². The van der Waals surface area contributed by atoms with Crippen molar-refractivity contribution in [2.24, 2.45) is 5.34 Å². The summed E-state index contributed by atoms with van der Waals surface area (Å²) in [6, 6.07) is 0. The van der Waals surface area contributed by atoms with E-state index in [1.807, 2.05) is 0 Å². The maximum absolute atomic E-state index is 11.7. The van der Waals surface area contributed by atoms with Crippen LogP contribution in [0.1, 0.15) is 13.8 Å². The Kier molecular flexibility index (Phi) is 2.24. The maximum atomic E-state index is 11.7. The molecule has 0 unspecified atom stereocenters. The van der Waals surface area contributed by atoms with E-state index in [4.69, 9.17) is 0 Å². The summed E-state index contributed by atoms with van der Waals surface area (Å²) in [6.07, 6.45) is -4.57. The van der Waals surface area contributed by atoms with E-state index in [-0.39, 0.29) is 0 Å². The molecule has 0 atom stereocenters. The Morgan fingerprint density at radius 1 is 1.30 bits per heavy atom. The molecule has 0 aromatic heterocycles. The Hall–Kier alpha value is -0.810. The topological polar surface area (TPSA) is 38.7 Å². The van der Waals surface area contributed by atoms with Gasteiger partial charge in [-0.15, -0.1) is 4.91 Å². The zero-order valence-corrected chi connectivity index (χ0v) is 5.40. The maximum Gasteiger partial charge on any atom is 0.430 e. The van der Waals surface area contributed by atoms with Crippen molar-refractivity contribution in [3.63, 3.8) is 0 Å². The van der Waals surface area contributed by atoms with E-state index in [0.29, 0.717) is 13.8 Å². The van der Waals surface area contributed by atoms with Crippen LogP contribution in [0, 0.1) is 4.91 Å². The number of alkyl halides is 3. The summed E-state index contributed by atoms with van der Waals surface area (Å²) in [5, 5.41) is 1.70. The third-order valence-electron chi connectivity index (χ3n) is 0.948. The molecule has 60 valence electrons. The van der Waals surface area contributed by atoms with Gasteiger partial charge in [-0.3, -0.25) is 0 Å². The summed E-state index contributed by atoms with van der Waals surface area (Å²) in [6.45, 7) is 1.43. The number of halogens is 3. The third kappa shape index (κ3) is 1.85. The molecule has 0 aliphatic carbocycles. The molecule has 6 heteroatoms. The van der Waals surface area contributed by atoms with E-state index >= 15 is 0 Å². The predicted molar refractivity (Wildman–Crippen MR) is 27.0 cm³/mol. The van der Waals surface area contributed by atoms with Gasteiger partial charge >= 0.3 is 6.18 Å². The van der Waals surface area contributed by atoms with Crippen molar-refractivity contribution in [1.29, 1.82) is 0 Å². The van der Waals surface area contributed by atoms with E-state index in [1.165, 1.54) is 0 Å². The molecule has 10 heavy (non-hydrogen) atoms. The van der Waals surface area contributed by atoms with Crippen LogP contribution in [-0.2, 0) is 4.84 Å². The van der Waals surface area contributed by atoms with Gasteiger partial charge in [0, 0.05) is 0 Å². The lowest BCUT2D eigenvalue weighted by Gasteiger charge is -2.22. The molecular weight excluding hydrogens is 151 g/mol. The fourth-order valence-electron chi connectivity index (χ4n) is 0.145. The van der Waals surface area contributed by atoms with Crippen LogP contribution in [0.2, 0.25) is 0 Å². The van der Waals surface area contributed by atoms with Crippen LogP contribution in [0.4, 0.5) is 13.2 Å². The molecule has 0 N–H and O–H groups in total. The van der Waals surface area contributed by atoms with Crippen molar-refractivity contribution < 1.29 is 18.0 Å². The number of hydrogen-bond donors (Lipinski definition) is 0. The summed E-state index contributed by atoms with van der Waals surface area (Å²) in [4.78, 5) is 12.8. The normalized spacial score (nSPS) is 12.9. The highest BCUT2D eigenvalue weighted by atomic mass is 19.4. The minimum atomic E-state index is -4.57. The smallest absolute Gasteiger partial charge is 0.348 e. The summed E-state index contributed by atoms with van der Waals surface area (Å²) in [5.41, 5.74) is -2.49. The molecule has 0 rings (SSSR count). The molecule has 0 aromatic rings. The van der Waals surface area contributed by atoms with Gasteiger partial charge in [-0.1, -0.05) is 0 Å². The first-order chi connectivity index (χ1) is 4.31. The van der Waals surface area contributed by atoms with Crippen LogP contribution in [0.25, 0.3) is 0 Å². The average molecular weight is 157 g/mol. The monoisotopic (exact) mass is 157 g/mol. The second-order valence-electron chi connectivity index (χ2n) is 2.17. The summed E-state index contributed by atoms with van der Waals surface area (Å²) in [5.74, 6) is 0. The van der Waals surface area contributed by atoms with Gasteiger partial charge in [0.2, 0.25) is 5.60 Å². The van der Waals surface area contributed by atoms with Crippen LogP contribution in [0.5, 0.6) is 0 Å². The first kappa shape index (κ1) is 9.19. The van der Waals surface area contributed by atoms with E-state index in [2.05, 4.69) is 4.84 Å². The molecule has 3 nitrogen and oxygen atoms in total. The standard InChI is InChI=1S/C4H6F3NO2/c1-3(2,10-8-9)4(5,6)7/h1-2H3. The van der Waals surface area contributed by atoms with Crippen molar-refractivity contribution in [3.8, 4) is 0 Å². The fourth-order valence-corrected chi connectivity index (χ4v) is 0.145. The molecule has 0 spiro atoms. The number of nitrogens with zero attached hydrogens (tertiary/aromatic N) is 1. The molecule has 0 radical (unpaired) electrons. The Morgan fingerprint density at radius 3 is 1.80 bits per heavy atom. The van der Waals surface area contributed by atoms with Crippen molar-refractivity contribution in [2.75, 3.05) is 0 Å². The van der Waals surface area contributed by atoms with Gasteiger partial charge in [0.1, 0.15) is 0 Å². The van der Waals surface area contributed by atoms with Crippen LogP contribution in [-0.4, -0.2) is 11.8 Å². The van der Waals surface area contributed by atoms with Crippen LogP contribution >= 0.6 is 0 Å². The number of rotatable bonds is 2. The fraction of sp³-hybridized carbons (Fsp3) is 1.00. The van der Waals surface area contributed by atoms with E-state index in [0.717, 1.165) is 0 Å². The predicted octanol–water partition coefficient (Wildman–Crippen LogP) is 2.03. The molecule has 0 aliphatic heterocycles. The third-order valence-corrected chi connectivity index (χ3v) is 0.948. The Balaban J connectivity index is 4.23. The first-order valence-electron chi connectivity index (χ1n) is 2.39. The summed E-state index contributed by atoms with van der Waals surface area (Å²) in [7, 11) is 0. The van der Waals surface area contributed by atoms with E-state index in [9.17, 15) is 18.1 Å². The molecule has 0 saturated carbocycles. The Morgan fingerprint density at radius 2 is 1.70 bits per heavy atom. The second kappa shape index (κ2) is 2.43. The average Bonchev–Trinajstić information content (AvgIpc) is 1.61. The minimum Gasteiger partial charge on any atom is -0.348 e. The largest absolute Gasteiger partial charge is 0.430 e. The van der Waals surface area contributed by atoms with Gasteiger partial charge in [0.25, 0.3) is 0 Å². The lowest BCUT2D eigenvalue weighted by molar-refractivity contribution is -0.264. The van der Waals surface area contributed by atoms with E-state index in [1.54, 1.807) is 5.34 Å². The summed E-state index contributed by atoms with van der Waals surface area (Å²) < 4.78 is 35.1. The van der Waals surface area contributed by atoms with Gasteiger partial charge in [0.15, 0.2) is 5.34 Å². The summed E-state index contributed by atoms with van der Waals surface area (Å²) >= 11 is 0. The lowest BCUT2D eigenvalue weighted by Crippen LogP contribution is -2.40. The molecular formula is C4H6F3NO2. The van der Waals surface area contributed by atoms with Crippen molar-refractivity contribution in [1.82, 2.24) is 0 Å². The molecule has 0 aromatic carbocycles. The lowest BCUT2D eigenvalue weighted by atomic mass is 10.1. The highest BCUT2D eigenvalue weighted by Gasteiger charge is 2.50. The van der Waals surface area contributed by atoms with Crippen LogP contribution in [0.3, 0.4) is 0 Å². The van der Waals surface area contributed by atoms with Crippen molar-refractivity contribution in [2.45, 2.75) is 25.6 Å². The van der Waals surface area contributed by atoms with Gasteiger partial charge in [0.05, 0.1) is 0 Å². The van der Waals surface area contributed by atoms with Crippen LogP contribution < -0.4 is 0 Å². The zero-order chi connectivity index (χ0) is 8.41. The quantitative estimate of drug-likeness (QED) is 0.454. The molecule has 0 fully saturated rings. The first-order valence-corrected chi connectivity index (χ1v) is 2.39. The molecule has 0 aliphatic rings.